The van der Waals surface area contributed by atoms with Crippen LogP contribution in [0.3, 0.4) is 0 Å². The van der Waals surface area contributed by atoms with E-state index in [0.717, 1.165) is 6.07 Å². The highest BCUT2D eigenvalue weighted by Gasteiger charge is 2.08. The summed E-state index contributed by atoms with van der Waals surface area (Å²) in [5.41, 5.74) is 0.528. The van der Waals surface area contributed by atoms with Crippen LogP contribution in [0, 0.1) is 11.6 Å². The van der Waals surface area contributed by atoms with Crippen LogP contribution >= 0.6 is 0 Å². The van der Waals surface area contributed by atoms with E-state index in [9.17, 15) is 13.6 Å². The molecule has 0 heterocycles. The molecule has 0 saturated carbocycles. The molecule has 0 amide bonds. The maximum Gasteiger partial charge on any atom is 0.162 e. The third-order valence-corrected chi connectivity index (χ3v) is 1.66. The number of aldehydes is 1. The predicted molar refractivity (Wildman–Crippen MR) is 46.2 cm³/mol. The first kappa shape index (κ1) is 9.58. The molecular formula is C10H8F2O. The van der Waals surface area contributed by atoms with Crippen molar-refractivity contribution < 1.29 is 13.6 Å². The number of carbonyl (C=O) groups excluding carboxylic acids is 1. The first-order chi connectivity index (χ1) is 6.19. The zero-order valence-corrected chi connectivity index (χ0v) is 6.89. The van der Waals surface area contributed by atoms with Crippen molar-refractivity contribution in [2.45, 2.75) is 6.42 Å². The minimum atomic E-state index is -0.960. The van der Waals surface area contributed by atoms with Gasteiger partial charge in [-0.3, -0.25) is 0 Å². The Morgan fingerprint density at radius 2 is 2.08 bits per heavy atom. The molecule has 1 aromatic carbocycles. The van der Waals surface area contributed by atoms with Crippen molar-refractivity contribution in [2.75, 3.05) is 0 Å². The molecule has 3 heteroatoms. The van der Waals surface area contributed by atoms with Crippen molar-refractivity contribution in [3.63, 3.8) is 0 Å². The third kappa shape index (κ3) is 1.99. The third-order valence-electron chi connectivity index (χ3n) is 1.66. The zero-order valence-electron chi connectivity index (χ0n) is 6.89. The van der Waals surface area contributed by atoms with Crippen LogP contribution in [0.15, 0.2) is 18.7 Å². The molecular weight excluding hydrogens is 174 g/mol. The quantitative estimate of drug-likeness (QED) is 0.656. The molecule has 0 aliphatic rings. The minimum absolute atomic E-state index is 0.0601. The van der Waals surface area contributed by atoms with Gasteiger partial charge in [-0.2, -0.15) is 0 Å². The lowest BCUT2D eigenvalue weighted by Gasteiger charge is -2.01. The molecule has 0 saturated heterocycles. The Morgan fingerprint density at radius 1 is 1.38 bits per heavy atom. The number of rotatable bonds is 3. The van der Waals surface area contributed by atoms with Crippen molar-refractivity contribution in [1.82, 2.24) is 0 Å². The Kier molecular flexibility index (Phi) is 2.90. The number of halogens is 2. The van der Waals surface area contributed by atoms with Gasteiger partial charge < -0.3 is 4.79 Å². The molecule has 13 heavy (non-hydrogen) atoms. The normalized spacial score (nSPS) is 9.69. The van der Waals surface area contributed by atoms with Crippen LogP contribution in [0.5, 0.6) is 0 Å². The van der Waals surface area contributed by atoms with Gasteiger partial charge in [-0.25, -0.2) is 8.78 Å². The first-order valence-corrected chi connectivity index (χ1v) is 3.73. The van der Waals surface area contributed by atoms with E-state index < -0.39 is 11.6 Å². The molecule has 0 unspecified atom stereocenters. The van der Waals surface area contributed by atoms with Crippen molar-refractivity contribution >= 4 is 12.4 Å². The molecule has 68 valence electrons. The summed E-state index contributed by atoms with van der Waals surface area (Å²) in [7, 11) is 0. The fraction of sp³-hybridized carbons (Fsp3) is 0.100. The van der Waals surface area contributed by atoms with E-state index in [1.807, 2.05) is 0 Å². The van der Waals surface area contributed by atoms with Gasteiger partial charge in [-0.05, 0) is 23.3 Å². The lowest BCUT2D eigenvalue weighted by atomic mass is 10.1. The van der Waals surface area contributed by atoms with E-state index in [4.69, 9.17) is 0 Å². The molecule has 1 nitrogen and oxygen atoms in total. The molecule has 0 aliphatic carbocycles. The topological polar surface area (TPSA) is 17.1 Å². The summed E-state index contributed by atoms with van der Waals surface area (Å²) >= 11 is 0. The molecule has 0 radical (unpaired) electrons. The summed E-state index contributed by atoms with van der Waals surface area (Å²) in [6.07, 6.45) is 1.81. The average molecular weight is 182 g/mol. The predicted octanol–water partition coefficient (Wildman–Crippen LogP) is 2.35. The van der Waals surface area contributed by atoms with E-state index >= 15 is 0 Å². The van der Waals surface area contributed by atoms with Crippen molar-refractivity contribution in [1.29, 1.82) is 0 Å². The Bertz CT molecular complexity index is 345. The highest BCUT2D eigenvalue weighted by molar-refractivity contribution is 5.57. The van der Waals surface area contributed by atoms with Crippen LogP contribution in [0.2, 0.25) is 0 Å². The van der Waals surface area contributed by atoms with E-state index in [1.54, 1.807) is 0 Å². The monoisotopic (exact) mass is 182 g/mol. The number of benzene rings is 1. The molecule has 0 fully saturated rings. The van der Waals surface area contributed by atoms with Crippen LogP contribution in [0.4, 0.5) is 8.78 Å². The van der Waals surface area contributed by atoms with E-state index in [1.165, 1.54) is 12.1 Å². The largest absolute Gasteiger partial charge is 0.303 e. The molecule has 0 aromatic heterocycles. The molecule has 0 N–H and O–H groups in total. The maximum atomic E-state index is 12.9. The number of hydrogen-bond donors (Lipinski definition) is 0. The molecule has 1 aromatic rings. The number of carbonyl (C=O) groups is 1. The van der Waals surface area contributed by atoms with Gasteiger partial charge in [-0.15, -0.1) is 0 Å². The van der Waals surface area contributed by atoms with Gasteiger partial charge in [0, 0.05) is 6.42 Å². The van der Waals surface area contributed by atoms with Crippen molar-refractivity contribution in [3.05, 3.63) is 41.5 Å². The second kappa shape index (κ2) is 3.94. The highest BCUT2D eigenvalue weighted by Crippen LogP contribution is 2.15. The van der Waals surface area contributed by atoms with Crippen molar-refractivity contribution in [3.8, 4) is 0 Å². The first-order valence-electron chi connectivity index (χ1n) is 3.73. The van der Waals surface area contributed by atoms with Crippen molar-refractivity contribution in [2.24, 2.45) is 0 Å². The van der Waals surface area contributed by atoms with Crippen LogP contribution in [-0.2, 0) is 11.2 Å². The van der Waals surface area contributed by atoms with Gasteiger partial charge in [0.1, 0.15) is 6.29 Å². The molecule has 0 aliphatic heterocycles. The Morgan fingerprint density at radius 3 is 2.62 bits per heavy atom. The molecule has 0 bridgehead atoms. The smallest absolute Gasteiger partial charge is 0.162 e. The van der Waals surface area contributed by atoms with Gasteiger partial charge in [0.05, 0.1) is 0 Å². The fourth-order valence-electron chi connectivity index (χ4n) is 1.03. The lowest BCUT2D eigenvalue weighted by Crippen LogP contribution is -1.96. The zero-order chi connectivity index (χ0) is 9.84. The summed E-state index contributed by atoms with van der Waals surface area (Å²) in [5, 5.41) is 0. The van der Waals surface area contributed by atoms with Gasteiger partial charge in [0.15, 0.2) is 11.6 Å². The summed E-state index contributed by atoms with van der Waals surface area (Å²) in [6.45, 7) is 3.43. The van der Waals surface area contributed by atoms with Crippen LogP contribution in [-0.4, -0.2) is 6.29 Å². The highest BCUT2D eigenvalue weighted by atomic mass is 19.2. The summed E-state index contributed by atoms with van der Waals surface area (Å²) < 4.78 is 25.7. The Labute approximate surface area is 74.7 Å². The standard InChI is InChI=1S/C10H8F2O/c1-2-7-5-8(3-4-13)10(12)9(11)6-7/h2,4-6H,1,3H2. The fourth-order valence-corrected chi connectivity index (χ4v) is 1.03. The van der Waals surface area contributed by atoms with Crippen LogP contribution < -0.4 is 0 Å². The molecule has 1 rings (SSSR count). The van der Waals surface area contributed by atoms with Crippen LogP contribution in [0.25, 0.3) is 6.08 Å². The second-order valence-electron chi connectivity index (χ2n) is 2.55. The average Bonchev–Trinajstić information content (AvgIpc) is 2.13. The molecule has 0 spiro atoms. The lowest BCUT2D eigenvalue weighted by molar-refractivity contribution is -0.107. The van der Waals surface area contributed by atoms with Gasteiger partial charge in [0.25, 0.3) is 0 Å². The Hall–Kier alpha value is -1.51. The summed E-state index contributed by atoms with van der Waals surface area (Å²) in [5.74, 6) is -1.91. The molecule has 0 atom stereocenters. The van der Waals surface area contributed by atoms with E-state index in [2.05, 4.69) is 6.58 Å². The van der Waals surface area contributed by atoms with Gasteiger partial charge in [-0.1, -0.05) is 12.7 Å². The number of hydrogen-bond acceptors (Lipinski definition) is 1. The minimum Gasteiger partial charge on any atom is -0.303 e. The Balaban J connectivity index is 3.23. The summed E-state index contributed by atoms with van der Waals surface area (Å²) in [4.78, 5) is 10.1. The second-order valence-corrected chi connectivity index (χ2v) is 2.55. The van der Waals surface area contributed by atoms with Gasteiger partial charge in [0.2, 0.25) is 0 Å². The van der Waals surface area contributed by atoms with Gasteiger partial charge >= 0.3 is 0 Å². The van der Waals surface area contributed by atoms with E-state index in [-0.39, 0.29) is 12.0 Å². The summed E-state index contributed by atoms with van der Waals surface area (Å²) in [6, 6.07) is 2.44. The SMILES string of the molecule is C=Cc1cc(F)c(F)c(CC=O)c1. The van der Waals surface area contributed by atoms with E-state index in [0.29, 0.717) is 11.8 Å². The van der Waals surface area contributed by atoms with Crippen LogP contribution in [0.1, 0.15) is 11.1 Å². The maximum absolute atomic E-state index is 12.9.